The van der Waals surface area contributed by atoms with Gasteiger partial charge in [-0.1, -0.05) is 30.3 Å². The minimum atomic E-state index is 0.817. The Kier molecular flexibility index (Phi) is 3.94. The number of nitrogens with one attached hydrogen (secondary N) is 1. The van der Waals surface area contributed by atoms with Gasteiger partial charge in [-0.3, -0.25) is 4.79 Å². The zero-order valence-electron chi connectivity index (χ0n) is 10.1. The average Bonchev–Trinajstić information content (AvgIpc) is 2.42. The van der Waals surface area contributed by atoms with Gasteiger partial charge in [0, 0.05) is 26.2 Å². The third-order valence-electron chi connectivity index (χ3n) is 3.16. The van der Waals surface area contributed by atoms with E-state index in [9.17, 15) is 4.79 Å². The van der Waals surface area contributed by atoms with Crippen LogP contribution in [0, 0.1) is 0 Å². The van der Waals surface area contributed by atoms with Crippen molar-refractivity contribution in [3.63, 3.8) is 0 Å². The highest BCUT2D eigenvalue weighted by Crippen LogP contribution is 2.19. The van der Waals surface area contributed by atoms with Crippen LogP contribution in [0.1, 0.15) is 12.5 Å². The molecule has 1 aliphatic rings. The zero-order valence-corrected chi connectivity index (χ0v) is 10.1. The fourth-order valence-electron chi connectivity index (χ4n) is 2.14. The molecule has 17 heavy (non-hydrogen) atoms. The van der Waals surface area contributed by atoms with Crippen LogP contribution in [0.3, 0.4) is 0 Å². The van der Waals surface area contributed by atoms with Gasteiger partial charge in [-0.05, 0) is 18.1 Å². The number of rotatable bonds is 3. The molecule has 0 saturated carbocycles. The third kappa shape index (κ3) is 2.74. The minimum absolute atomic E-state index is 0.817. The van der Waals surface area contributed by atoms with E-state index in [-0.39, 0.29) is 0 Å². The molecule has 1 heterocycles. The average molecular weight is 230 g/mol. The SMILES string of the molecule is CC(=C(C=O)N1CCNCC1)c1ccccc1. The number of carbonyl (C=O) groups is 1. The van der Waals surface area contributed by atoms with Crippen molar-refractivity contribution in [3.8, 4) is 0 Å². The molecule has 2 rings (SSSR count). The molecule has 3 nitrogen and oxygen atoms in total. The fourth-order valence-corrected chi connectivity index (χ4v) is 2.14. The molecule has 1 aliphatic heterocycles. The topological polar surface area (TPSA) is 32.3 Å². The third-order valence-corrected chi connectivity index (χ3v) is 3.16. The van der Waals surface area contributed by atoms with Gasteiger partial charge in [0.15, 0.2) is 6.29 Å². The van der Waals surface area contributed by atoms with Crippen LogP contribution >= 0.6 is 0 Å². The maximum Gasteiger partial charge on any atom is 0.166 e. The summed E-state index contributed by atoms with van der Waals surface area (Å²) in [5.74, 6) is 0. The van der Waals surface area contributed by atoms with E-state index in [1.54, 1.807) is 0 Å². The fraction of sp³-hybridized carbons (Fsp3) is 0.357. The lowest BCUT2D eigenvalue weighted by Crippen LogP contribution is -2.43. The first-order valence-corrected chi connectivity index (χ1v) is 6.00. The molecule has 0 amide bonds. The standard InChI is InChI=1S/C14H18N2O/c1-12(13-5-3-2-4-6-13)14(11-17)16-9-7-15-8-10-16/h2-6,11,15H,7-10H2,1H3. The van der Waals surface area contributed by atoms with Crippen molar-refractivity contribution in [3.05, 3.63) is 41.6 Å². The van der Waals surface area contributed by atoms with Gasteiger partial charge >= 0.3 is 0 Å². The van der Waals surface area contributed by atoms with Gasteiger partial charge in [0.1, 0.15) is 0 Å². The van der Waals surface area contributed by atoms with Crippen LogP contribution in [0.4, 0.5) is 0 Å². The summed E-state index contributed by atoms with van der Waals surface area (Å²) in [6, 6.07) is 10.1. The number of nitrogens with zero attached hydrogens (tertiary/aromatic N) is 1. The molecular weight excluding hydrogens is 212 g/mol. The monoisotopic (exact) mass is 230 g/mol. The van der Waals surface area contributed by atoms with Crippen LogP contribution in [-0.2, 0) is 4.79 Å². The predicted molar refractivity (Wildman–Crippen MR) is 69.5 cm³/mol. The van der Waals surface area contributed by atoms with Crippen molar-refractivity contribution in [2.24, 2.45) is 0 Å². The van der Waals surface area contributed by atoms with Crippen molar-refractivity contribution >= 4 is 11.9 Å². The summed E-state index contributed by atoms with van der Waals surface area (Å²) >= 11 is 0. The molecule has 0 aromatic heterocycles. The van der Waals surface area contributed by atoms with Gasteiger partial charge in [0.05, 0.1) is 5.70 Å². The van der Waals surface area contributed by atoms with Gasteiger partial charge in [0.25, 0.3) is 0 Å². The number of piperazine rings is 1. The van der Waals surface area contributed by atoms with Crippen LogP contribution in [0.2, 0.25) is 0 Å². The first kappa shape index (κ1) is 11.9. The summed E-state index contributed by atoms with van der Waals surface area (Å²) < 4.78 is 0. The van der Waals surface area contributed by atoms with Gasteiger partial charge in [-0.2, -0.15) is 0 Å². The summed E-state index contributed by atoms with van der Waals surface area (Å²) in [6.07, 6.45) is 0.980. The summed E-state index contributed by atoms with van der Waals surface area (Å²) in [4.78, 5) is 13.5. The maximum absolute atomic E-state index is 11.3. The van der Waals surface area contributed by atoms with E-state index in [1.807, 2.05) is 37.3 Å². The normalized spacial score (nSPS) is 17.6. The lowest BCUT2D eigenvalue weighted by atomic mass is 10.0. The van der Waals surface area contributed by atoms with Crippen LogP contribution in [0.15, 0.2) is 36.0 Å². The number of benzene rings is 1. The second-order valence-corrected chi connectivity index (χ2v) is 4.23. The van der Waals surface area contributed by atoms with Crippen LogP contribution in [0.5, 0.6) is 0 Å². The molecule has 1 N–H and O–H groups in total. The molecule has 3 heteroatoms. The number of hydrogen-bond donors (Lipinski definition) is 1. The van der Waals surface area contributed by atoms with Crippen molar-refractivity contribution in [2.75, 3.05) is 26.2 Å². The highest BCUT2D eigenvalue weighted by atomic mass is 16.1. The molecular formula is C14H18N2O. The van der Waals surface area contributed by atoms with E-state index in [2.05, 4.69) is 10.2 Å². The summed E-state index contributed by atoms with van der Waals surface area (Å²) in [7, 11) is 0. The van der Waals surface area contributed by atoms with E-state index >= 15 is 0 Å². The van der Waals surface area contributed by atoms with E-state index in [4.69, 9.17) is 0 Å². The summed E-state index contributed by atoms with van der Waals surface area (Å²) in [5, 5.41) is 3.29. The molecule has 0 aliphatic carbocycles. The Morgan fingerprint density at radius 2 is 1.88 bits per heavy atom. The molecule has 0 bridgehead atoms. The molecule has 90 valence electrons. The highest BCUT2D eigenvalue weighted by Gasteiger charge is 2.15. The molecule has 1 fully saturated rings. The molecule has 1 aromatic rings. The molecule has 0 spiro atoms. The summed E-state index contributed by atoms with van der Waals surface area (Å²) in [6.45, 7) is 5.70. The van der Waals surface area contributed by atoms with Gasteiger partial charge < -0.3 is 10.2 Å². The smallest absolute Gasteiger partial charge is 0.166 e. The van der Waals surface area contributed by atoms with Gasteiger partial charge in [-0.15, -0.1) is 0 Å². The van der Waals surface area contributed by atoms with Crippen molar-refractivity contribution in [1.82, 2.24) is 10.2 Å². The summed E-state index contributed by atoms with van der Waals surface area (Å²) in [5.41, 5.74) is 2.99. The van der Waals surface area contributed by atoms with Crippen molar-refractivity contribution in [2.45, 2.75) is 6.92 Å². The number of carbonyl (C=O) groups excluding carboxylic acids is 1. The number of aldehydes is 1. The molecule has 0 radical (unpaired) electrons. The lowest BCUT2D eigenvalue weighted by Gasteiger charge is -2.30. The first-order valence-electron chi connectivity index (χ1n) is 6.00. The molecule has 1 saturated heterocycles. The zero-order chi connectivity index (χ0) is 12.1. The molecule has 0 atom stereocenters. The largest absolute Gasteiger partial charge is 0.366 e. The maximum atomic E-state index is 11.3. The Bertz CT molecular complexity index is 405. The molecule has 1 aromatic carbocycles. The van der Waals surface area contributed by atoms with Crippen LogP contribution in [-0.4, -0.2) is 37.4 Å². The Labute approximate surface area is 102 Å². The van der Waals surface area contributed by atoms with E-state index in [1.165, 1.54) is 0 Å². The second kappa shape index (κ2) is 5.64. The van der Waals surface area contributed by atoms with Gasteiger partial charge in [-0.25, -0.2) is 0 Å². The van der Waals surface area contributed by atoms with E-state index in [0.717, 1.165) is 49.3 Å². The number of allylic oxidation sites excluding steroid dienone is 2. The Morgan fingerprint density at radius 1 is 1.24 bits per heavy atom. The van der Waals surface area contributed by atoms with E-state index in [0.29, 0.717) is 0 Å². The minimum Gasteiger partial charge on any atom is -0.366 e. The Hall–Kier alpha value is -1.61. The van der Waals surface area contributed by atoms with Gasteiger partial charge in [0.2, 0.25) is 0 Å². The van der Waals surface area contributed by atoms with Crippen LogP contribution in [0.25, 0.3) is 5.57 Å². The lowest BCUT2D eigenvalue weighted by molar-refractivity contribution is -0.106. The first-order chi connectivity index (χ1) is 8.33. The Balaban J connectivity index is 2.29. The highest BCUT2D eigenvalue weighted by molar-refractivity contribution is 5.86. The number of hydrogen-bond acceptors (Lipinski definition) is 3. The van der Waals surface area contributed by atoms with E-state index < -0.39 is 0 Å². The quantitative estimate of drug-likeness (QED) is 0.631. The van der Waals surface area contributed by atoms with Crippen molar-refractivity contribution in [1.29, 1.82) is 0 Å². The predicted octanol–water partition coefficient (Wildman–Crippen LogP) is 1.52. The Morgan fingerprint density at radius 3 is 2.47 bits per heavy atom. The van der Waals surface area contributed by atoms with Crippen LogP contribution < -0.4 is 5.32 Å². The molecule has 0 unspecified atom stereocenters. The van der Waals surface area contributed by atoms with Crippen molar-refractivity contribution < 1.29 is 4.79 Å². The second-order valence-electron chi connectivity index (χ2n) is 4.23.